The molecule has 8 N–H and O–H groups in total. The van der Waals surface area contributed by atoms with Crippen molar-refractivity contribution < 1.29 is 50.0 Å². The number of allylic oxidation sites excluding steroid dienone is 4. The highest BCUT2D eigenvalue weighted by Crippen LogP contribution is 2.23. The number of unbranched alkanes of at least 4 members (excludes halogenated alkanes) is 32. The van der Waals surface area contributed by atoms with Crippen LogP contribution in [0.4, 0.5) is 0 Å². The van der Waals surface area contributed by atoms with E-state index in [1.54, 1.807) is 0 Å². The fraction of sp³-hybridized carbons (Fsp3) is 0.909. The largest absolute Gasteiger partial charge is 0.394 e. The number of hydrogen-bond acceptors (Lipinski definition) is 10. The predicted octanol–water partition coefficient (Wildman–Crippen LogP) is 11.0. The first-order chi connectivity index (χ1) is 32.2. The van der Waals surface area contributed by atoms with Crippen LogP contribution < -0.4 is 5.32 Å². The Hall–Kier alpha value is -1.41. The van der Waals surface area contributed by atoms with Crippen molar-refractivity contribution in [1.29, 1.82) is 0 Å². The lowest BCUT2D eigenvalue weighted by Crippen LogP contribution is -2.60. The van der Waals surface area contributed by atoms with Gasteiger partial charge in [-0.05, 0) is 45.4 Å². The SMILES string of the molecule is C/C=C/CC/C=C/CCCC(O)C(O)C(COC1OC(CO)C(O)C(O)C1O)NC(=O)C(O)CCCCCCCCCCCCCCCCCCCCCCCCCCCCCCCCC. The zero-order valence-electron chi connectivity index (χ0n) is 42.4. The highest BCUT2D eigenvalue weighted by Gasteiger charge is 2.44. The summed E-state index contributed by atoms with van der Waals surface area (Å²) in [6, 6.07) is -1.19. The van der Waals surface area contributed by atoms with Crippen LogP contribution in [-0.2, 0) is 14.3 Å². The van der Waals surface area contributed by atoms with Crippen LogP contribution in [0.2, 0.25) is 0 Å². The standard InChI is InChI=1S/C55H105NO10/c1-3-5-7-9-11-13-14-15-16-17-18-19-20-21-22-23-24-25-26-27-28-29-30-31-32-33-34-35-37-39-41-43-48(59)54(64)56-46(45-65-55-53(63)52(62)51(61)49(44-57)66-55)50(60)47(58)42-40-38-36-12-10-8-6-4-2/h4,6,12,36,46-53,55,57-63H,3,5,7-11,13-35,37-45H2,1-2H3,(H,56,64)/b6-4+,36-12+. The Kier molecular flexibility index (Phi) is 42.5. The molecule has 0 saturated carbocycles. The van der Waals surface area contributed by atoms with Gasteiger partial charge in [-0.15, -0.1) is 0 Å². The summed E-state index contributed by atoms with van der Waals surface area (Å²) in [5.74, 6) is -0.710. The molecule has 1 aliphatic rings. The fourth-order valence-corrected chi connectivity index (χ4v) is 9.06. The summed E-state index contributed by atoms with van der Waals surface area (Å²) in [5.41, 5.74) is 0. The third-order valence-electron chi connectivity index (χ3n) is 13.6. The average molecular weight is 940 g/mol. The Bertz CT molecular complexity index is 1120. The second-order valence-corrected chi connectivity index (χ2v) is 19.7. The predicted molar refractivity (Wildman–Crippen MR) is 270 cm³/mol. The number of amides is 1. The maximum atomic E-state index is 13.1. The molecule has 9 unspecified atom stereocenters. The number of carbonyl (C=O) groups is 1. The van der Waals surface area contributed by atoms with E-state index >= 15 is 0 Å². The molecule has 0 aromatic carbocycles. The number of rotatable bonds is 47. The molecule has 1 heterocycles. The quantitative estimate of drug-likeness (QED) is 0.0215. The minimum Gasteiger partial charge on any atom is -0.394 e. The highest BCUT2D eigenvalue weighted by atomic mass is 16.7. The molecule has 1 saturated heterocycles. The topological polar surface area (TPSA) is 189 Å². The van der Waals surface area contributed by atoms with Crippen LogP contribution in [0.5, 0.6) is 0 Å². The van der Waals surface area contributed by atoms with Gasteiger partial charge < -0.3 is 50.5 Å². The molecule has 11 heteroatoms. The molecule has 9 atom stereocenters. The van der Waals surface area contributed by atoms with Gasteiger partial charge in [0.1, 0.15) is 36.6 Å². The van der Waals surface area contributed by atoms with Crippen molar-refractivity contribution in [3.63, 3.8) is 0 Å². The molecule has 66 heavy (non-hydrogen) atoms. The van der Waals surface area contributed by atoms with Gasteiger partial charge in [-0.25, -0.2) is 0 Å². The summed E-state index contributed by atoms with van der Waals surface area (Å²) < 4.78 is 11.1. The lowest BCUT2D eigenvalue weighted by molar-refractivity contribution is -0.303. The van der Waals surface area contributed by atoms with Crippen LogP contribution in [0.1, 0.15) is 251 Å². The Morgan fingerprint density at radius 1 is 0.545 bits per heavy atom. The van der Waals surface area contributed by atoms with Crippen molar-refractivity contribution in [2.24, 2.45) is 0 Å². The smallest absolute Gasteiger partial charge is 0.249 e. The Morgan fingerprint density at radius 3 is 1.38 bits per heavy atom. The summed E-state index contributed by atoms with van der Waals surface area (Å²) >= 11 is 0. The van der Waals surface area contributed by atoms with Gasteiger partial charge in [0.2, 0.25) is 5.91 Å². The molecule has 0 aromatic rings. The maximum Gasteiger partial charge on any atom is 0.249 e. The normalized spacial score (nSPS) is 20.9. The number of aliphatic hydroxyl groups excluding tert-OH is 7. The highest BCUT2D eigenvalue weighted by molar-refractivity contribution is 5.80. The number of hydrogen-bond donors (Lipinski definition) is 8. The molecule has 1 rings (SSSR count). The third-order valence-corrected chi connectivity index (χ3v) is 13.6. The first-order valence-corrected chi connectivity index (χ1v) is 27.7. The third kappa shape index (κ3) is 33.2. The number of ether oxygens (including phenoxy) is 2. The summed E-state index contributed by atoms with van der Waals surface area (Å²) in [6.07, 6.45) is 41.7. The first-order valence-electron chi connectivity index (χ1n) is 27.7. The number of aliphatic hydroxyl groups is 7. The van der Waals surface area contributed by atoms with Crippen LogP contribution in [0.25, 0.3) is 0 Å². The molecule has 0 aromatic heterocycles. The van der Waals surface area contributed by atoms with Crippen LogP contribution >= 0.6 is 0 Å². The molecule has 1 amide bonds. The average Bonchev–Trinajstić information content (AvgIpc) is 3.32. The van der Waals surface area contributed by atoms with Crippen molar-refractivity contribution in [3.05, 3.63) is 24.3 Å². The summed E-state index contributed by atoms with van der Waals surface area (Å²) in [6.45, 7) is 3.19. The minimum atomic E-state index is -1.67. The van der Waals surface area contributed by atoms with E-state index in [1.165, 1.54) is 173 Å². The van der Waals surface area contributed by atoms with Gasteiger partial charge in [-0.3, -0.25) is 4.79 Å². The van der Waals surface area contributed by atoms with Gasteiger partial charge in [0.05, 0.1) is 25.4 Å². The fourth-order valence-electron chi connectivity index (χ4n) is 9.06. The Labute approximate surface area is 404 Å². The maximum absolute atomic E-state index is 13.1. The molecular formula is C55H105NO10. The second kappa shape index (κ2) is 44.8. The van der Waals surface area contributed by atoms with Gasteiger partial charge >= 0.3 is 0 Å². The number of nitrogens with one attached hydrogen (secondary N) is 1. The van der Waals surface area contributed by atoms with Crippen molar-refractivity contribution in [1.82, 2.24) is 5.32 Å². The zero-order chi connectivity index (χ0) is 48.3. The van der Waals surface area contributed by atoms with Crippen molar-refractivity contribution in [2.75, 3.05) is 13.2 Å². The van der Waals surface area contributed by atoms with Gasteiger partial charge in [0.15, 0.2) is 6.29 Å². The second-order valence-electron chi connectivity index (χ2n) is 19.7. The van der Waals surface area contributed by atoms with E-state index < -0.39 is 74.2 Å². The lowest BCUT2D eigenvalue weighted by Gasteiger charge is -2.40. The molecule has 1 fully saturated rings. The minimum absolute atomic E-state index is 0.245. The molecule has 0 radical (unpaired) electrons. The van der Waals surface area contributed by atoms with Gasteiger partial charge in [0, 0.05) is 0 Å². The molecular weight excluding hydrogens is 835 g/mol. The Morgan fingerprint density at radius 2 is 0.955 bits per heavy atom. The van der Waals surface area contributed by atoms with Gasteiger partial charge in [-0.1, -0.05) is 230 Å². The summed E-state index contributed by atoms with van der Waals surface area (Å²) in [5, 5.41) is 75.5. The van der Waals surface area contributed by atoms with Crippen molar-refractivity contribution >= 4 is 5.91 Å². The van der Waals surface area contributed by atoms with Gasteiger partial charge in [0.25, 0.3) is 0 Å². The van der Waals surface area contributed by atoms with E-state index in [-0.39, 0.29) is 12.8 Å². The molecule has 0 bridgehead atoms. The van der Waals surface area contributed by atoms with Crippen LogP contribution in [-0.4, -0.2) is 110 Å². The van der Waals surface area contributed by atoms with E-state index in [0.29, 0.717) is 19.3 Å². The summed E-state index contributed by atoms with van der Waals surface area (Å²) in [4.78, 5) is 13.1. The molecule has 0 aliphatic carbocycles. The van der Waals surface area contributed by atoms with E-state index in [9.17, 15) is 40.5 Å². The van der Waals surface area contributed by atoms with Crippen molar-refractivity contribution in [3.8, 4) is 0 Å². The van der Waals surface area contributed by atoms with Crippen LogP contribution in [0.15, 0.2) is 24.3 Å². The van der Waals surface area contributed by atoms with Gasteiger partial charge in [-0.2, -0.15) is 0 Å². The Balaban J connectivity index is 2.14. The van der Waals surface area contributed by atoms with Crippen LogP contribution in [0, 0.1) is 0 Å². The monoisotopic (exact) mass is 940 g/mol. The van der Waals surface area contributed by atoms with E-state index in [2.05, 4.69) is 24.4 Å². The molecule has 1 aliphatic heterocycles. The summed E-state index contributed by atoms with van der Waals surface area (Å²) in [7, 11) is 0. The van der Waals surface area contributed by atoms with E-state index in [0.717, 1.165) is 32.1 Å². The molecule has 390 valence electrons. The first kappa shape index (κ1) is 62.6. The molecule has 11 nitrogen and oxygen atoms in total. The molecule has 0 spiro atoms. The van der Waals surface area contributed by atoms with E-state index in [4.69, 9.17) is 9.47 Å². The zero-order valence-corrected chi connectivity index (χ0v) is 42.4. The van der Waals surface area contributed by atoms with E-state index in [1.807, 2.05) is 19.1 Å². The number of carbonyl (C=O) groups excluding carboxylic acids is 1. The van der Waals surface area contributed by atoms with Crippen LogP contribution in [0.3, 0.4) is 0 Å². The lowest BCUT2D eigenvalue weighted by atomic mass is 9.98. The van der Waals surface area contributed by atoms with Crippen molar-refractivity contribution in [2.45, 2.75) is 306 Å².